The zero-order chi connectivity index (χ0) is 19.1. The van der Waals surface area contributed by atoms with Crippen LogP contribution in [0.3, 0.4) is 0 Å². The zero-order valence-corrected chi connectivity index (χ0v) is 15.3. The predicted molar refractivity (Wildman–Crippen MR) is 105 cm³/mol. The van der Waals surface area contributed by atoms with Gasteiger partial charge >= 0.3 is 0 Å². The Hall–Kier alpha value is -3.15. The summed E-state index contributed by atoms with van der Waals surface area (Å²) in [5, 5.41) is 3.41. The van der Waals surface area contributed by atoms with E-state index in [1.807, 2.05) is 49.4 Å². The summed E-state index contributed by atoms with van der Waals surface area (Å²) in [5.74, 6) is 1.36. The molecule has 0 aliphatic heterocycles. The quantitative estimate of drug-likeness (QED) is 0.601. The number of carbonyl (C=O) groups is 1. The van der Waals surface area contributed by atoms with E-state index in [0.717, 1.165) is 5.75 Å². The number of rotatable bonds is 8. The summed E-state index contributed by atoms with van der Waals surface area (Å²) in [6.07, 6.45) is 1.54. The number of ether oxygens (including phenoxy) is 1. The average molecular weight is 365 g/mol. The molecule has 0 fully saturated rings. The molecule has 27 heavy (non-hydrogen) atoms. The van der Waals surface area contributed by atoms with Crippen molar-refractivity contribution in [2.24, 2.45) is 0 Å². The highest BCUT2D eigenvalue weighted by atomic mass is 16.5. The fourth-order valence-electron chi connectivity index (χ4n) is 2.75. The number of carbonyl (C=O) groups excluding carboxylic acids is 1. The molecule has 6 nitrogen and oxygen atoms in total. The van der Waals surface area contributed by atoms with Crippen LogP contribution in [0.25, 0.3) is 10.9 Å². The van der Waals surface area contributed by atoms with Crippen LogP contribution >= 0.6 is 0 Å². The Morgan fingerprint density at radius 2 is 1.93 bits per heavy atom. The van der Waals surface area contributed by atoms with Crippen molar-refractivity contribution < 1.29 is 9.53 Å². The third-order valence-corrected chi connectivity index (χ3v) is 4.19. The van der Waals surface area contributed by atoms with Crippen LogP contribution in [0.4, 0.5) is 0 Å². The van der Waals surface area contributed by atoms with Gasteiger partial charge in [0.05, 0.1) is 17.4 Å². The van der Waals surface area contributed by atoms with E-state index in [1.165, 1.54) is 5.56 Å². The number of fused-ring (bicyclic) bond motifs is 1. The molecule has 0 atom stereocenters. The summed E-state index contributed by atoms with van der Waals surface area (Å²) in [6.45, 7) is 2.90. The van der Waals surface area contributed by atoms with Gasteiger partial charge in [-0.3, -0.25) is 9.59 Å². The number of aromatic amines is 1. The van der Waals surface area contributed by atoms with Crippen molar-refractivity contribution in [1.82, 2.24) is 15.3 Å². The molecule has 3 rings (SSSR count). The van der Waals surface area contributed by atoms with E-state index in [-0.39, 0.29) is 11.5 Å². The fraction of sp³-hybridized carbons (Fsp3) is 0.286. The van der Waals surface area contributed by atoms with Crippen molar-refractivity contribution in [1.29, 1.82) is 0 Å². The second-order valence-corrected chi connectivity index (χ2v) is 6.39. The molecule has 0 unspecified atom stereocenters. The van der Waals surface area contributed by atoms with Crippen LogP contribution in [0.2, 0.25) is 0 Å². The standard InChI is InChI=1S/C21H23N3O3/c1-15-9-11-16(12-10-15)27-14-13-22-20(25)8-4-7-19-23-18-6-3-2-5-17(18)21(26)24-19/h2-3,5-6,9-12H,4,7-8,13-14H2,1H3,(H,22,25)(H,23,24,26). The summed E-state index contributed by atoms with van der Waals surface area (Å²) in [7, 11) is 0. The van der Waals surface area contributed by atoms with E-state index in [9.17, 15) is 9.59 Å². The first kappa shape index (κ1) is 18.6. The topological polar surface area (TPSA) is 84.1 Å². The van der Waals surface area contributed by atoms with Crippen molar-refractivity contribution >= 4 is 16.8 Å². The highest BCUT2D eigenvalue weighted by molar-refractivity contribution is 5.77. The van der Waals surface area contributed by atoms with Crippen molar-refractivity contribution in [3.05, 3.63) is 70.3 Å². The minimum Gasteiger partial charge on any atom is -0.492 e. The van der Waals surface area contributed by atoms with Crippen molar-refractivity contribution in [2.75, 3.05) is 13.2 Å². The summed E-state index contributed by atoms with van der Waals surface area (Å²) >= 11 is 0. The lowest BCUT2D eigenvalue weighted by atomic mass is 10.2. The minimum atomic E-state index is -0.145. The summed E-state index contributed by atoms with van der Waals surface area (Å²) in [6, 6.07) is 15.0. The van der Waals surface area contributed by atoms with Crippen molar-refractivity contribution in [3.63, 3.8) is 0 Å². The molecular formula is C21H23N3O3. The van der Waals surface area contributed by atoms with Gasteiger partial charge < -0.3 is 15.0 Å². The number of benzene rings is 2. The predicted octanol–water partition coefficient (Wildman–Crippen LogP) is 2.75. The van der Waals surface area contributed by atoms with E-state index in [4.69, 9.17) is 4.74 Å². The molecule has 0 saturated heterocycles. The Kier molecular flexibility index (Phi) is 6.20. The molecule has 0 aliphatic carbocycles. The van der Waals surface area contributed by atoms with Gasteiger partial charge in [-0.1, -0.05) is 29.8 Å². The smallest absolute Gasteiger partial charge is 0.258 e. The van der Waals surface area contributed by atoms with E-state index in [1.54, 1.807) is 6.07 Å². The second-order valence-electron chi connectivity index (χ2n) is 6.39. The van der Waals surface area contributed by atoms with E-state index in [2.05, 4.69) is 15.3 Å². The molecule has 3 aromatic rings. The van der Waals surface area contributed by atoms with Crippen LogP contribution < -0.4 is 15.6 Å². The Bertz CT molecular complexity index is 964. The summed E-state index contributed by atoms with van der Waals surface area (Å²) < 4.78 is 5.57. The van der Waals surface area contributed by atoms with Crippen molar-refractivity contribution in [2.45, 2.75) is 26.2 Å². The van der Waals surface area contributed by atoms with E-state index >= 15 is 0 Å². The normalized spacial score (nSPS) is 10.7. The molecule has 0 spiro atoms. The Balaban J connectivity index is 1.38. The Morgan fingerprint density at radius 3 is 2.74 bits per heavy atom. The van der Waals surface area contributed by atoms with Crippen LogP contribution in [0, 0.1) is 6.92 Å². The molecule has 2 N–H and O–H groups in total. The van der Waals surface area contributed by atoms with Gasteiger partial charge in [0.1, 0.15) is 18.2 Å². The van der Waals surface area contributed by atoms with Gasteiger partial charge in [0.15, 0.2) is 0 Å². The third-order valence-electron chi connectivity index (χ3n) is 4.19. The number of aryl methyl sites for hydroxylation is 2. The van der Waals surface area contributed by atoms with Gasteiger partial charge in [0.25, 0.3) is 5.56 Å². The SMILES string of the molecule is Cc1ccc(OCCNC(=O)CCCc2nc3ccccc3c(=O)[nH]2)cc1. The molecule has 2 aromatic carbocycles. The van der Waals surface area contributed by atoms with Crippen LogP contribution in [-0.2, 0) is 11.2 Å². The monoisotopic (exact) mass is 365 g/mol. The number of nitrogens with zero attached hydrogens (tertiary/aromatic N) is 1. The summed E-state index contributed by atoms with van der Waals surface area (Å²) in [4.78, 5) is 31.1. The molecule has 1 aromatic heterocycles. The third kappa shape index (κ3) is 5.41. The maximum absolute atomic E-state index is 12.0. The van der Waals surface area contributed by atoms with Gasteiger partial charge in [-0.2, -0.15) is 0 Å². The molecular weight excluding hydrogens is 342 g/mol. The van der Waals surface area contributed by atoms with Crippen LogP contribution in [0.15, 0.2) is 53.3 Å². The summed E-state index contributed by atoms with van der Waals surface area (Å²) in [5.41, 5.74) is 1.71. The van der Waals surface area contributed by atoms with E-state index < -0.39 is 0 Å². The number of hydrogen-bond donors (Lipinski definition) is 2. The number of H-pyrrole nitrogens is 1. The zero-order valence-electron chi connectivity index (χ0n) is 15.3. The Labute approximate surface area is 157 Å². The van der Waals surface area contributed by atoms with Gasteiger partial charge in [0, 0.05) is 12.8 Å². The highest BCUT2D eigenvalue weighted by Crippen LogP contribution is 2.11. The molecule has 0 saturated carbocycles. The minimum absolute atomic E-state index is 0.0364. The van der Waals surface area contributed by atoms with Crippen LogP contribution in [0.5, 0.6) is 5.75 Å². The van der Waals surface area contributed by atoms with Crippen LogP contribution in [-0.4, -0.2) is 29.0 Å². The largest absolute Gasteiger partial charge is 0.492 e. The van der Waals surface area contributed by atoms with E-state index in [0.29, 0.717) is 49.1 Å². The highest BCUT2D eigenvalue weighted by Gasteiger charge is 2.05. The van der Waals surface area contributed by atoms with Crippen molar-refractivity contribution in [3.8, 4) is 5.75 Å². The van der Waals surface area contributed by atoms with Crippen LogP contribution in [0.1, 0.15) is 24.2 Å². The number of para-hydroxylation sites is 1. The Morgan fingerprint density at radius 1 is 1.15 bits per heavy atom. The lowest BCUT2D eigenvalue weighted by Gasteiger charge is -2.08. The van der Waals surface area contributed by atoms with Gasteiger partial charge in [0.2, 0.25) is 5.91 Å². The number of hydrogen-bond acceptors (Lipinski definition) is 4. The second kappa shape index (κ2) is 8.98. The average Bonchev–Trinajstić information content (AvgIpc) is 2.67. The lowest BCUT2D eigenvalue weighted by molar-refractivity contribution is -0.121. The molecule has 6 heteroatoms. The molecule has 0 bridgehead atoms. The first-order valence-electron chi connectivity index (χ1n) is 9.06. The molecule has 140 valence electrons. The lowest BCUT2D eigenvalue weighted by Crippen LogP contribution is -2.28. The number of aromatic nitrogens is 2. The maximum atomic E-state index is 12.0. The number of amides is 1. The first-order chi connectivity index (χ1) is 13.1. The maximum Gasteiger partial charge on any atom is 0.258 e. The first-order valence-corrected chi connectivity index (χ1v) is 9.06. The van der Waals surface area contributed by atoms with Gasteiger partial charge in [-0.15, -0.1) is 0 Å². The fourth-order valence-corrected chi connectivity index (χ4v) is 2.75. The van der Waals surface area contributed by atoms with Gasteiger partial charge in [-0.25, -0.2) is 4.98 Å². The molecule has 1 heterocycles. The molecule has 1 amide bonds. The molecule has 0 radical (unpaired) electrons. The number of nitrogens with one attached hydrogen (secondary N) is 2. The molecule has 0 aliphatic rings. The van der Waals surface area contributed by atoms with Gasteiger partial charge in [-0.05, 0) is 37.6 Å².